The van der Waals surface area contributed by atoms with Gasteiger partial charge in [0.2, 0.25) is 0 Å². The number of carboxylic acid groups (broad SMARTS) is 1. The van der Waals surface area contributed by atoms with Crippen molar-refractivity contribution in [3.63, 3.8) is 0 Å². The second-order valence-corrected chi connectivity index (χ2v) is 4.83. The molecule has 0 radical (unpaired) electrons. The van der Waals surface area contributed by atoms with Gasteiger partial charge in [-0.3, -0.25) is 9.69 Å². The molecule has 0 aromatic rings. The van der Waals surface area contributed by atoms with E-state index in [-0.39, 0.29) is 6.04 Å². The Hall–Kier alpha value is -0.260. The first-order valence-corrected chi connectivity index (χ1v) is 6.08. The molecule has 2 aliphatic heterocycles. The van der Waals surface area contributed by atoms with Crippen LogP contribution in [0.4, 0.5) is 0 Å². The van der Waals surface area contributed by atoms with Gasteiger partial charge >= 0.3 is 5.97 Å². The molecule has 0 saturated carbocycles. The highest BCUT2D eigenvalue weighted by atomic mass is 32.2. The fraction of sp³-hybridized carbons (Fsp3) is 0.889. The molecular formula is C9H15NO3S. The summed E-state index contributed by atoms with van der Waals surface area (Å²) in [6, 6.07) is 0.0254. The van der Waals surface area contributed by atoms with Crippen LogP contribution in [0.15, 0.2) is 0 Å². The van der Waals surface area contributed by atoms with E-state index < -0.39 is 5.97 Å². The summed E-state index contributed by atoms with van der Waals surface area (Å²) in [4.78, 5) is 13.1. The Morgan fingerprint density at radius 3 is 3.07 bits per heavy atom. The lowest BCUT2D eigenvalue weighted by atomic mass is 10.1. The van der Waals surface area contributed by atoms with Crippen LogP contribution in [0.5, 0.6) is 0 Å². The number of hydrogen-bond donors (Lipinski definition) is 1. The van der Waals surface area contributed by atoms with Gasteiger partial charge in [-0.25, -0.2) is 0 Å². The number of hydrogen-bond acceptors (Lipinski definition) is 4. The van der Waals surface area contributed by atoms with E-state index in [9.17, 15) is 4.79 Å². The Balaban J connectivity index is 2.01. The average molecular weight is 217 g/mol. The van der Waals surface area contributed by atoms with Crippen molar-refractivity contribution in [3.8, 4) is 0 Å². The van der Waals surface area contributed by atoms with Crippen LogP contribution < -0.4 is 0 Å². The van der Waals surface area contributed by atoms with Crippen LogP contribution in [0.2, 0.25) is 0 Å². The minimum atomic E-state index is -0.691. The Kier molecular flexibility index (Phi) is 3.30. The van der Waals surface area contributed by atoms with E-state index in [0.717, 1.165) is 25.3 Å². The summed E-state index contributed by atoms with van der Waals surface area (Å²) in [6.07, 6.45) is 0.981. The summed E-state index contributed by atoms with van der Waals surface area (Å²) in [5, 5.41) is 9.07. The number of thioether (sulfide) groups is 1. The van der Waals surface area contributed by atoms with Gasteiger partial charge < -0.3 is 9.84 Å². The summed E-state index contributed by atoms with van der Waals surface area (Å²) < 4.78 is 5.30. The zero-order chi connectivity index (χ0) is 9.97. The summed E-state index contributed by atoms with van der Waals surface area (Å²) in [6.45, 7) is 2.37. The van der Waals surface area contributed by atoms with Gasteiger partial charge in [0, 0.05) is 30.7 Å². The first kappa shape index (κ1) is 10.3. The summed E-state index contributed by atoms with van der Waals surface area (Å²) in [7, 11) is 0. The van der Waals surface area contributed by atoms with Gasteiger partial charge in [0.15, 0.2) is 0 Å². The molecule has 0 spiro atoms. The monoisotopic (exact) mass is 217 g/mol. The molecule has 2 unspecified atom stereocenters. The number of rotatable bonds is 2. The Morgan fingerprint density at radius 1 is 1.57 bits per heavy atom. The van der Waals surface area contributed by atoms with E-state index >= 15 is 0 Å². The number of carboxylic acids is 1. The molecule has 0 amide bonds. The molecule has 2 heterocycles. The lowest BCUT2D eigenvalue weighted by molar-refractivity contribution is -0.143. The predicted molar refractivity (Wildman–Crippen MR) is 54.7 cm³/mol. The normalized spacial score (nSPS) is 34.6. The molecular weight excluding hydrogens is 202 g/mol. The van der Waals surface area contributed by atoms with Crippen LogP contribution in [0, 0.1) is 0 Å². The van der Waals surface area contributed by atoms with Crippen LogP contribution in [0.3, 0.4) is 0 Å². The van der Waals surface area contributed by atoms with E-state index in [1.54, 1.807) is 11.8 Å². The van der Waals surface area contributed by atoms with Crippen molar-refractivity contribution in [2.24, 2.45) is 0 Å². The van der Waals surface area contributed by atoms with Crippen molar-refractivity contribution in [2.75, 3.05) is 31.3 Å². The maximum Gasteiger partial charge on any atom is 0.321 e. The third kappa shape index (κ3) is 2.04. The summed E-state index contributed by atoms with van der Waals surface area (Å²) in [5.41, 5.74) is 0. The van der Waals surface area contributed by atoms with Crippen molar-refractivity contribution in [1.29, 1.82) is 0 Å². The van der Waals surface area contributed by atoms with Gasteiger partial charge in [-0.1, -0.05) is 0 Å². The predicted octanol–water partition coefficient (Wildman–Crippen LogP) is 0.277. The number of aliphatic carboxylic acids is 1. The maximum atomic E-state index is 11.0. The van der Waals surface area contributed by atoms with Gasteiger partial charge in [0.25, 0.3) is 0 Å². The summed E-state index contributed by atoms with van der Waals surface area (Å²) >= 11 is 1.73. The third-order valence-corrected chi connectivity index (χ3v) is 3.85. The molecule has 2 saturated heterocycles. The topological polar surface area (TPSA) is 49.8 Å². The zero-order valence-electron chi connectivity index (χ0n) is 8.02. The molecule has 0 aromatic carbocycles. The van der Waals surface area contributed by atoms with Gasteiger partial charge in [0.05, 0.1) is 6.61 Å². The Labute approximate surface area is 87.6 Å². The van der Waals surface area contributed by atoms with Gasteiger partial charge in [0.1, 0.15) is 6.04 Å². The molecule has 14 heavy (non-hydrogen) atoms. The third-order valence-electron chi connectivity index (χ3n) is 2.83. The summed E-state index contributed by atoms with van der Waals surface area (Å²) in [5.74, 6) is 1.07. The van der Waals surface area contributed by atoms with Crippen molar-refractivity contribution in [2.45, 2.75) is 18.5 Å². The fourth-order valence-electron chi connectivity index (χ4n) is 2.05. The van der Waals surface area contributed by atoms with E-state index in [2.05, 4.69) is 4.90 Å². The number of ether oxygens (including phenoxy) is 1. The van der Waals surface area contributed by atoms with E-state index in [1.807, 2.05) is 0 Å². The van der Waals surface area contributed by atoms with Crippen LogP contribution in [-0.4, -0.2) is 59.3 Å². The number of nitrogens with zero attached hydrogens (tertiary/aromatic N) is 1. The van der Waals surface area contributed by atoms with Crippen LogP contribution in [0.1, 0.15) is 6.42 Å². The largest absolute Gasteiger partial charge is 0.480 e. The van der Waals surface area contributed by atoms with Crippen molar-refractivity contribution >= 4 is 17.7 Å². The van der Waals surface area contributed by atoms with Crippen molar-refractivity contribution in [1.82, 2.24) is 4.90 Å². The molecule has 1 N–H and O–H groups in total. The highest BCUT2D eigenvalue weighted by Gasteiger charge is 2.35. The lowest BCUT2D eigenvalue weighted by Crippen LogP contribution is -2.52. The van der Waals surface area contributed by atoms with Crippen LogP contribution in [-0.2, 0) is 9.53 Å². The molecule has 0 aliphatic carbocycles. The van der Waals surface area contributed by atoms with Crippen molar-refractivity contribution in [3.05, 3.63) is 0 Å². The minimum absolute atomic E-state index is 0.305. The van der Waals surface area contributed by atoms with Crippen LogP contribution in [0.25, 0.3) is 0 Å². The molecule has 0 bridgehead atoms. The molecule has 5 heteroatoms. The van der Waals surface area contributed by atoms with E-state index in [0.29, 0.717) is 18.4 Å². The lowest BCUT2D eigenvalue weighted by Gasteiger charge is -2.36. The molecule has 2 aliphatic rings. The molecule has 80 valence electrons. The number of carbonyl (C=O) groups is 1. The first-order valence-electron chi connectivity index (χ1n) is 4.93. The van der Waals surface area contributed by atoms with Gasteiger partial charge in [-0.05, 0) is 6.42 Å². The molecule has 4 nitrogen and oxygen atoms in total. The van der Waals surface area contributed by atoms with Gasteiger partial charge in [-0.2, -0.15) is 11.8 Å². The van der Waals surface area contributed by atoms with E-state index in [1.165, 1.54) is 0 Å². The highest BCUT2D eigenvalue weighted by molar-refractivity contribution is 7.99. The maximum absolute atomic E-state index is 11.0. The van der Waals surface area contributed by atoms with Gasteiger partial charge in [-0.15, -0.1) is 0 Å². The molecule has 2 rings (SSSR count). The SMILES string of the molecule is O=C(O)C1CSCCN1C1CCOC1. The second-order valence-electron chi connectivity index (χ2n) is 3.68. The minimum Gasteiger partial charge on any atom is -0.480 e. The molecule has 2 fully saturated rings. The quantitative estimate of drug-likeness (QED) is 0.720. The van der Waals surface area contributed by atoms with Crippen LogP contribution >= 0.6 is 11.8 Å². The first-order chi connectivity index (χ1) is 6.79. The Bertz CT molecular complexity index is 218. The van der Waals surface area contributed by atoms with E-state index in [4.69, 9.17) is 9.84 Å². The fourth-order valence-corrected chi connectivity index (χ4v) is 3.11. The zero-order valence-corrected chi connectivity index (χ0v) is 8.83. The second kappa shape index (κ2) is 4.51. The molecule has 2 atom stereocenters. The highest BCUT2D eigenvalue weighted by Crippen LogP contribution is 2.23. The smallest absolute Gasteiger partial charge is 0.321 e. The van der Waals surface area contributed by atoms with Crippen molar-refractivity contribution < 1.29 is 14.6 Å². The Morgan fingerprint density at radius 2 is 2.43 bits per heavy atom. The average Bonchev–Trinajstić information content (AvgIpc) is 2.70. The standard InChI is InChI=1S/C9H15NO3S/c11-9(12)8-6-14-4-2-10(8)7-1-3-13-5-7/h7-8H,1-6H2,(H,11,12). The molecule has 0 aromatic heterocycles.